The van der Waals surface area contributed by atoms with E-state index in [1.54, 1.807) is 0 Å². The predicted octanol–water partition coefficient (Wildman–Crippen LogP) is 2.36. The Balaban J connectivity index is 1.80. The fourth-order valence-corrected chi connectivity index (χ4v) is 3.70. The van der Waals surface area contributed by atoms with E-state index >= 15 is 0 Å². The van der Waals surface area contributed by atoms with Crippen LogP contribution in [0.2, 0.25) is 0 Å². The third-order valence-corrected chi connectivity index (χ3v) is 4.95. The Kier molecular flexibility index (Phi) is 5.28. The van der Waals surface area contributed by atoms with Crippen LogP contribution in [0.4, 0.5) is 0 Å². The molecule has 0 radical (unpaired) electrons. The number of hydrogen-bond acceptors (Lipinski definition) is 3. The zero-order valence-electron chi connectivity index (χ0n) is 11.4. The molecule has 2 rings (SSSR count). The van der Waals surface area contributed by atoms with Crippen molar-refractivity contribution in [1.29, 1.82) is 0 Å². The minimum absolute atomic E-state index is 0.0771. The van der Waals surface area contributed by atoms with Crippen molar-refractivity contribution in [2.75, 3.05) is 18.8 Å². The summed E-state index contributed by atoms with van der Waals surface area (Å²) in [4.78, 5) is 14.9. The average Bonchev–Trinajstić information content (AvgIpc) is 2.87. The third-order valence-electron chi connectivity index (χ3n) is 3.70. The molecule has 2 N–H and O–H groups in total. The van der Waals surface area contributed by atoms with Gasteiger partial charge in [-0.3, -0.25) is 9.69 Å². The van der Waals surface area contributed by atoms with E-state index in [0.717, 1.165) is 25.3 Å². The quantitative estimate of drug-likeness (QED) is 0.813. The topological polar surface area (TPSA) is 46.3 Å². The number of rotatable bonds is 6. The van der Waals surface area contributed by atoms with Gasteiger partial charge in [0, 0.05) is 17.2 Å². The number of hydrogen-bond donors (Lipinski definition) is 1. The first-order chi connectivity index (χ1) is 9.20. The second-order valence-corrected chi connectivity index (χ2v) is 6.19. The first-order valence-corrected chi connectivity index (χ1v) is 7.90. The van der Waals surface area contributed by atoms with Crippen molar-refractivity contribution in [2.24, 2.45) is 11.7 Å². The van der Waals surface area contributed by atoms with Crippen LogP contribution in [0, 0.1) is 5.92 Å². The molecule has 0 spiro atoms. The molecule has 3 nitrogen and oxygen atoms in total. The van der Waals surface area contributed by atoms with Crippen molar-refractivity contribution < 1.29 is 4.79 Å². The summed E-state index contributed by atoms with van der Waals surface area (Å²) in [5, 5.41) is 0. The second-order valence-electron chi connectivity index (χ2n) is 5.10. The van der Waals surface area contributed by atoms with Gasteiger partial charge in [-0.15, -0.1) is 11.8 Å². The van der Waals surface area contributed by atoms with Crippen LogP contribution in [0.3, 0.4) is 0 Å². The molecule has 1 aromatic rings. The molecule has 1 aliphatic heterocycles. The van der Waals surface area contributed by atoms with Crippen molar-refractivity contribution in [1.82, 2.24) is 4.90 Å². The van der Waals surface area contributed by atoms with Crippen LogP contribution in [0.15, 0.2) is 35.2 Å². The summed E-state index contributed by atoms with van der Waals surface area (Å²) in [6.45, 7) is 4.03. The Bertz CT molecular complexity index is 410. The molecule has 104 valence electrons. The summed E-state index contributed by atoms with van der Waals surface area (Å²) >= 11 is 1.90. The summed E-state index contributed by atoms with van der Waals surface area (Å²) in [6.07, 6.45) is 1.98. The van der Waals surface area contributed by atoms with Gasteiger partial charge in [0.25, 0.3) is 0 Å². The van der Waals surface area contributed by atoms with Gasteiger partial charge in [0.1, 0.15) is 0 Å². The Morgan fingerprint density at radius 3 is 2.84 bits per heavy atom. The number of nitrogens with zero attached hydrogens (tertiary/aromatic N) is 1. The normalized spacial score (nSPS) is 21.4. The molecule has 2 atom stereocenters. The Morgan fingerprint density at radius 1 is 1.47 bits per heavy atom. The lowest BCUT2D eigenvalue weighted by Gasteiger charge is -2.23. The van der Waals surface area contributed by atoms with Crippen LogP contribution in [-0.4, -0.2) is 35.7 Å². The molecule has 0 unspecified atom stereocenters. The van der Waals surface area contributed by atoms with Gasteiger partial charge < -0.3 is 5.73 Å². The number of likely N-dealkylation sites (tertiary alicyclic amines) is 1. The van der Waals surface area contributed by atoms with Crippen molar-refractivity contribution in [3.05, 3.63) is 30.3 Å². The predicted molar refractivity (Wildman–Crippen MR) is 80.1 cm³/mol. The van der Waals surface area contributed by atoms with Gasteiger partial charge in [-0.05, 0) is 37.4 Å². The highest BCUT2D eigenvalue weighted by molar-refractivity contribution is 7.99. The van der Waals surface area contributed by atoms with Crippen molar-refractivity contribution >= 4 is 17.7 Å². The number of benzene rings is 1. The lowest BCUT2D eigenvalue weighted by atomic mass is 10.1. The molecule has 1 aliphatic rings. The average molecular weight is 278 g/mol. The van der Waals surface area contributed by atoms with E-state index in [4.69, 9.17) is 5.73 Å². The number of amides is 1. The zero-order valence-corrected chi connectivity index (χ0v) is 12.2. The van der Waals surface area contributed by atoms with Gasteiger partial charge in [0.2, 0.25) is 5.91 Å². The Morgan fingerprint density at radius 2 is 2.21 bits per heavy atom. The number of carbonyl (C=O) groups excluding carboxylic acids is 1. The number of primary amides is 1. The summed E-state index contributed by atoms with van der Waals surface area (Å²) in [6, 6.07) is 10.4. The second kappa shape index (κ2) is 6.96. The summed E-state index contributed by atoms with van der Waals surface area (Å²) < 4.78 is 0. The fraction of sp³-hybridized carbons (Fsp3) is 0.533. The van der Waals surface area contributed by atoms with E-state index in [9.17, 15) is 4.79 Å². The van der Waals surface area contributed by atoms with Crippen molar-refractivity contribution in [2.45, 2.75) is 30.7 Å². The van der Waals surface area contributed by atoms with Crippen LogP contribution >= 0.6 is 11.8 Å². The zero-order chi connectivity index (χ0) is 13.7. The monoisotopic (exact) mass is 278 g/mol. The maximum absolute atomic E-state index is 11.4. The lowest BCUT2D eigenvalue weighted by Crippen LogP contribution is -2.43. The summed E-state index contributed by atoms with van der Waals surface area (Å²) in [5.74, 6) is 1.60. The van der Waals surface area contributed by atoms with Gasteiger partial charge in [-0.1, -0.05) is 25.1 Å². The van der Waals surface area contributed by atoms with E-state index in [2.05, 4.69) is 29.2 Å². The number of nitrogens with two attached hydrogens (primary N) is 1. The first kappa shape index (κ1) is 14.4. The molecule has 1 heterocycles. The molecular weight excluding hydrogens is 256 g/mol. The third kappa shape index (κ3) is 3.98. The van der Waals surface area contributed by atoms with Crippen LogP contribution in [0.1, 0.15) is 19.8 Å². The molecule has 4 heteroatoms. The van der Waals surface area contributed by atoms with E-state index in [1.807, 2.05) is 24.8 Å². The molecular formula is C15H22N2OS. The molecule has 0 aromatic heterocycles. The van der Waals surface area contributed by atoms with Gasteiger partial charge in [-0.25, -0.2) is 0 Å². The van der Waals surface area contributed by atoms with E-state index in [-0.39, 0.29) is 11.9 Å². The lowest BCUT2D eigenvalue weighted by molar-refractivity contribution is -0.123. The maximum Gasteiger partial charge on any atom is 0.234 e. The standard InChI is InChI=1S/C15H22N2OS/c1-2-14(15(16)18)17-9-8-12(10-17)11-19-13-6-4-3-5-7-13/h3-7,12,14H,2,8-11H2,1H3,(H2,16,18)/t12-,14-/m1/s1. The Hall–Kier alpha value is -1.00. The van der Waals surface area contributed by atoms with Crippen LogP contribution in [0.5, 0.6) is 0 Å². The van der Waals surface area contributed by atoms with Gasteiger partial charge in [-0.2, -0.15) is 0 Å². The smallest absolute Gasteiger partial charge is 0.234 e. The first-order valence-electron chi connectivity index (χ1n) is 6.92. The van der Waals surface area contributed by atoms with Crippen LogP contribution in [-0.2, 0) is 4.79 Å². The molecule has 0 aliphatic carbocycles. The van der Waals surface area contributed by atoms with E-state index in [0.29, 0.717) is 5.92 Å². The largest absolute Gasteiger partial charge is 0.368 e. The highest BCUT2D eigenvalue weighted by atomic mass is 32.2. The SMILES string of the molecule is CC[C@H](C(N)=O)N1CC[C@@H](CSc2ccccc2)C1. The summed E-state index contributed by atoms with van der Waals surface area (Å²) in [5.41, 5.74) is 5.45. The highest BCUT2D eigenvalue weighted by Gasteiger charge is 2.29. The maximum atomic E-state index is 11.4. The molecule has 1 amide bonds. The number of carbonyl (C=O) groups is 1. The van der Waals surface area contributed by atoms with Crippen LogP contribution in [0.25, 0.3) is 0 Å². The minimum atomic E-state index is -0.182. The van der Waals surface area contributed by atoms with Crippen molar-refractivity contribution in [3.8, 4) is 0 Å². The van der Waals surface area contributed by atoms with Crippen molar-refractivity contribution in [3.63, 3.8) is 0 Å². The number of thioether (sulfide) groups is 1. The fourth-order valence-electron chi connectivity index (χ4n) is 2.65. The molecule has 1 saturated heterocycles. The van der Waals surface area contributed by atoms with Gasteiger partial charge >= 0.3 is 0 Å². The van der Waals surface area contributed by atoms with Gasteiger partial charge in [0.15, 0.2) is 0 Å². The van der Waals surface area contributed by atoms with Crippen LogP contribution < -0.4 is 5.73 Å². The minimum Gasteiger partial charge on any atom is -0.368 e. The molecule has 1 aromatic carbocycles. The molecule has 0 saturated carbocycles. The highest BCUT2D eigenvalue weighted by Crippen LogP contribution is 2.27. The summed E-state index contributed by atoms with van der Waals surface area (Å²) in [7, 11) is 0. The van der Waals surface area contributed by atoms with Gasteiger partial charge in [0.05, 0.1) is 6.04 Å². The van der Waals surface area contributed by atoms with E-state index in [1.165, 1.54) is 11.3 Å². The molecule has 1 fully saturated rings. The molecule has 19 heavy (non-hydrogen) atoms. The Labute approximate surface area is 119 Å². The molecule has 0 bridgehead atoms. The van der Waals surface area contributed by atoms with E-state index < -0.39 is 0 Å².